The van der Waals surface area contributed by atoms with Gasteiger partial charge in [-0.15, -0.1) is 0 Å². The largest absolute Gasteiger partial charge is 0.469 e. The fraction of sp³-hybridized carbons (Fsp3) is 0.583. The summed E-state index contributed by atoms with van der Waals surface area (Å²) in [6.07, 6.45) is -5.27. The van der Waals surface area contributed by atoms with Gasteiger partial charge in [0.05, 0.1) is 6.61 Å². The molecule has 0 saturated carbocycles. The van der Waals surface area contributed by atoms with E-state index >= 15 is 0 Å². The van der Waals surface area contributed by atoms with E-state index < -0.39 is 50.9 Å². The van der Waals surface area contributed by atoms with Crippen molar-refractivity contribution in [1.29, 1.82) is 0 Å². The molecule has 2 aliphatic heterocycles. The zero-order valence-corrected chi connectivity index (χ0v) is 14.9. The number of fused-ring (bicyclic) bond motifs is 1. The normalized spacial score (nSPS) is 31.1. The van der Waals surface area contributed by atoms with Crippen LogP contribution >= 0.6 is 7.82 Å². The fourth-order valence-corrected chi connectivity index (χ4v) is 3.10. The maximum absolute atomic E-state index is 12.4. The van der Waals surface area contributed by atoms with Crippen LogP contribution in [0.5, 0.6) is 0 Å². The summed E-state index contributed by atoms with van der Waals surface area (Å²) in [6, 6.07) is 0. The Morgan fingerprint density at radius 3 is 2.78 bits per heavy atom. The number of hydrogen-bond donors (Lipinski definition) is 7. The quantitative estimate of drug-likeness (QED) is 0.241. The second kappa shape index (κ2) is 7.35. The highest BCUT2D eigenvalue weighted by atomic mass is 31.2. The first-order valence-corrected chi connectivity index (χ1v) is 9.24. The molecule has 2 aliphatic rings. The maximum atomic E-state index is 12.4. The molecule has 8 N–H and O–H groups in total. The summed E-state index contributed by atoms with van der Waals surface area (Å²) in [5, 5.41) is 24.2. The second-order valence-corrected chi connectivity index (χ2v) is 7.20. The topological polar surface area (TPSA) is 213 Å². The minimum Gasteiger partial charge on any atom is -0.387 e. The summed E-state index contributed by atoms with van der Waals surface area (Å²) < 4.78 is 20.4. The number of carbonyl (C=O) groups is 1. The highest BCUT2D eigenvalue weighted by Gasteiger charge is 2.44. The standard InChI is InChI=1S/C12H19N6O8P/c1-18-11-5(7(20)9(13)17-18)10(14-3-15-11)16-12-8(21)6(19)4(26-12)2-25-27(22,23)24/h3-4,6,8-9,12,17,19,21H,2,13H2,1H3,(H,14,15,16)(H2,22,23,24)/t4-,6-,8-,9?,12-/m1/s1. The first kappa shape index (κ1) is 20.0. The van der Waals surface area contributed by atoms with Gasteiger partial charge in [-0.3, -0.25) is 14.3 Å². The van der Waals surface area contributed by atoms with Crippen molar-refractivity contribution in [2.45, 2.75) is 30.7 Å². The molecule has 5 atom stereocenters. The van der Waals surface area contributed by atoms with Crippen molar-refractivity contribution in [3.05, 3.63) is 11.9 Å². The van der Waals surface area contributed by atoms with Crippen molar-refractivity contribution >= 4 is 25.2 Å². The van der Waals surface area contributed by atoms with Crippen LogP contribution in [-0.2, 0) is 13.8 Å². The first-order chi connectivity index (χ1) is 12.6. The summed E-state index contributed by atoms with van der Waals surface area (Å²) in [4.78, 5) is 37.8. The monoisotopic (exact) mass is 406 g/mol. The van der Waals surface area contributed by atoms with Gasteiger partial charge in [-0.05, 0) is 0 Å². The molecule has 0 aliphatic carbocycles. The van der Waals surface area contributed by atoms with Crippen LogP contribution in [0.2, 0.25) is 0 Å². The number of hydrogen-bond acceptors (Lipinski definition) is 12. The van der Waals surface area contributed by atoms with Gasteiger partial charge in [-0.2, -0.15) is 0 Å². The number of rotatable bonds is 5. The Morgan fingerprint density at radius 2 is 2.11 bits per heavy atom. The Bertz CT molecular complexity index is 776. The number of nitrogens with zero attached hydrogens (tertiary/aromatic N) is 3. The molecule has 0 aromatic carbocycles. The first-order valence-electron chi connectivity index (χ1n) is 7.71. The van der Waals surface area contributed by atoms with Crippen LogP contribution in [0.3, 0.4) is 0 Å². The van der Waals surface area contributed by atoms with E-state index in [1.807, 2.05) is 0 Å². The van der Waals surface area contributed by atoms with Crippen molar-refractivity contribution in [2.75, 3.05) is 24.0 Å². The molecule has 1 fully saturated rings. The number of phosphoric ester groups is 1. The average molecular weight is 406 g/mol. The van der Waals surface area contributed by atoms with Crippen molar-refractivity contribution in [3.63, 3.8) is 0 Å². The van der Waals surface area contributed by atoms with Crippen LogP contribution < -0.4 is 21.5 Å². The zero-order valence-electron chi connectivity index (χ0n) is 14.0. The summed E-state index contributed by atoms with van der Waals surface area (Å²) in [5.41, 5.74) is 8.47. The lowest BCUT2D eigenvalue weighted by atomic mass is 10.1. The van der Waals surface area contributed by atoms with Crippen molar-refractivity contribution in [1.82, 2.24) is 15.4 Å². The summed E-state index contributed by atoms with van der Waals surface area (Å²) in [7, 11) is -3.17. The Hall–Kier alpha value is -1.74. The molecule has 0 amide bonds. The van der Waals surface area contributed by atoms with Crippen molar-refractivity contribution in [3.8, 4) is 0 Å². The lowest BCUT2D eigenvalue weighted by molar-refractivity contribution is -0.0152. The second-order valence-electron chi connectivity index (χ2n) is 5.96. The molecule has 3 heterocycles. The van der Waals surface area contributed by atoms with E-state index in [0.29, 0.717) is 0 Å². The van der Waals surface area contributed by atoms with Gasteiger partial charge in [-0.1, -0.05) is 0 Å². The predicted octanol–water partition coefficient (Wildman–Crippen LogP) is -3.13. The number of ether oxygens (including phenoxy) is 1. The van der Waals surface area contributed by atoms with Gasteiger partial charge >= 0.3 is 7.82 Å². The van der Waals surface area contributed by atoms with E-state index in [-0.39, 0.29) is 17.2 Å². The minimum absolute atomic E-state index is 0.0154. The third-order valence-electron chi connectivity index (χ3n) is 4.05. The predicted molar refractivity (Wildman–Crippen MR) is 88.2 cm³/mol. The Kier molecular flexibility index (Phi) is 5.45. The van der Waals surface area contributed by atoms with E-state index in [1.165, 1.54) is 11.3 Å². The van der Waals surface area contributed by atoms with E-state index in [4.69, 9.17) is 20.3 Å². The fourth-order valence-electron chi connectivity index (χ4n) is 2.76. The van der Waals surface area contributed by atoms with Crippen molar-refractivity contribution in [2.24, 2.45) is 5.73 Å². The number of anilines is 2. The van der Waals surface area contributed by atoms with E-state index in [2.05, 4.69) is 25.2 Å². The molecule has 14 nitrogen and oxygen atoms in total. The lowest BCUT2D eigenvalue weighted by Crippen LogP contribution is -2.56. The molecule has 1 saturated heterocycles. The molecule has 0 bridgehead atoms. The van der Waals surface area contributed by atoms with Crippen LogP contribution in [0.25, 0.3) is 0 Å². The molecular weight excluding hydrogens is 387 g/mol. The number of Topliss-reactive ketones (excluding diaryl/α,β-unsaturated/α-hetero) is 1. The van der Waals surface area contributed by atoms with E-state index in [1.54, 1.807) is 7.05 Å². The number of aromatic nitrogens is 2. The number of nitrogens with one attached hydrogen (secondary N) is 2. The van der Waals surface area contributed by atoms with Crippen LogP contribution in [0, 0.1) is 0 Å². The van der Waals surface area contributed by atoms with Crippen LogP contribution in [0.1, 0.15) is 10.4 Å². The molecule has 1 aromatic heterocycles. The highest BCUT2D eigenvalue weighted by molar-refractivity contribution is 7.46. The average Bonchev–Trinajstić information content (AvgIpc) is 2.85. The molecule has 27 heavy (non-hydrogen) atoms. The van der Waals surface area contributed by atoms with Crippen LogP contribution in [0.15, 0.2) is 6.33 Å². The SMILES string of the molecule is CN1NC(N)C(=O)c2c(N[C@@H]3O[C@H](COP(=O)(O)O)[C@@H](O)[C@H]3O)ncnc21. The number of aliphatic hydroxyl groups excluding tert-OH is 2. The zero-order chi connectivity index (χ0) is 19.9. The highest BCUT2D eigenvalue weighted by Crippen LogP contribution is 2.37. The van der Waals surface area contributed by atoms with Gasteiger partial charge < -0.3 is 35.8 Å². The van der Waals surface area contributed by atoms with Gasteiger partial charge in [0, 0.05) is 7.05 Å². The molecule has 0 spiro atoms. The van der Waals surface area contributed by atoms with Gasteiger partial charge in [0.25, 0.3) is 0 Å². The van der Waals surface area contributed by atoms with Gasteiger partial charge in [0.1, 0.15) is 42.2 Å². The number of carbonyl (C=O) groups excluding carboxylic acids is 1. The Morgan fingerprint density at radius 1 is 1.41 bits per heavy atom. The molecule has 150 valence electrons. The van der Waals surface area contributed by atoms with Gasteiger partial charge in [-0.25, -0.2) is 20.0 Å². The van der Waals surface area contributed by atoms with Crippen LogP contribution in [-0.4, -0.2) is 80.1 Å². The third kappa shape index (κ3) is 4.08. The van der Waals surface area contributed by atoms with E-state index in [9.17, 15) is 19.6 Å². The number of phosphoric acid groups is 1. The number of aliphatic hydroxyl groups is 2. The summed E-state index contributed by atoms with van der Waals surface area (Å²) >= 11 is 0. The van der Waals surface area contributed by atoms with Crippen LogP contribution in [0.4, 0.5) is 11.6 Å². The van der Waals surface area contributed by atoms with E-state index in [0.717, 1.165) is 0 Å². The van der Waals surface area contributed by atoms with Crippen molar-refractivity contribution < 1.29 is 38.6 Å². The molecule has 15 heteroatoms. The Labute approximate surface area is 152 Å². The molecule has 0 radical (unpaired) electrons. The third-order valence-corrected chi connectivity index (χ3v) is 4.54. The maximum Gasteiger partial charge on any atom is 0.469 e. The number of ketones is 1. The molecule has 1 unspecified atom stereocenters. The smallest absolute Gasteiger partial charge is 0.387 e. The lowest BCUT2D eigenvalue weighted by Gasteiger charge is -2.31. The molecule has 1 aromatic rings. The molecule has 3 rings (SSSR count). The minimum atomic E-state index is -4.77. The summed E-state index contributed by atoms with van der Waals surface area (Å²) in [6.45, 7) is -0.654. The number of nitrogens with two attached hydrogens (primary N) is 1. The Balaban J connectivity index is 1.79. The number of hydrazine groups is 1. The van der Waals surface area contributed by atoms with Gasteiger partial charge in [0.2, 0.25) is 5.78 Å². The summed E-state index contributed by atoms with van der Waals surface area (Å²) in [5.74, 6) is -0.240. The van der Waals surface area contributed by atoms with Gasteiger partial charge in [0.15, 0.2) is 12.0 Å². The molecular formula is C12H19N6O8P.